The van der Waals surface area contributed by atoms with E-state index in [1.165, 1.54) is 0 Å². The lowest BCUT2D eigenvalue weighted by atomic mass is 10.2. The largest absolute Gasteiger partial charge is 0.436 e. The van der Waals surface area contributed by atoms with Gasteiger partial charge in [0.05, 0.1) is 10.7 Å². The zero-order valence-corrected chi connectivity index (χ0v) is 18.0. The molecule has 0 bridgehead atoms. The number of aryl methyl sites for hydroxylation is 1. The van der Waals surface area contributed by atoms with Crippen LogP contribution in [0.4, 0.5) is 5.69 Å². The third-order valence-corrected chi connectivity index (χ3v) is 5.09. The van der Waals surface area contributed by atoms with Crippen LogP contribution in [0.5, 0.6) is 0 Å². The molecule has 0 saturated carbocycles. The van der Waals surface area contributed by atoms with Crippen molar-refractivity contribution in [3.05, 3.63) is 81.8 Å². The van der Waals surface area contributed by atoms with E-state index in [-0.39, 0.29) is 11.0 Å². The first kappa shape index (κ1) is 20.3. The van der Waals surface area contributed by atoms with Gasteiger partial charge in [0.1, 0.15) is 5.52 Å². The highest BCUT2D eigenvalue weighted by molar-refractivity contribution is 7.80. The van der Waals surface area contributed by atoms with E-state index >= 15 is 0 Å². The van der Waals surface area contributed by atoms with Crippen LogP contribution in [0.15, 0.2) is 65.1 Å². The molecule has 1 heterocycles. The number of amides is 1. The van der Waals surface area contributed by atoms with Crippen molar-refractivity contribution >= 4 is 63.2 Å². The van der Waals surface area contributed by atoms with Crippen LogP contribution in [0.3, 0.4) is 0 Å². The van der Waals surface area contributed by atoms with E-state index in [0.29, 0.717) is 32.8 Å². The van der Waals surface area contributed by atoms with Gasteiger partial charge < -0.3 is 9.73 Å². The summed E-state index contributed by atoms with van der Waals surface area (Å²) >= 11 is 17.5. The number of fused-ring (bicyclic) bond motifs is 1. The smallest absolute Gasteiger partial charge is 0.257 e. The Balaban J connectivity index is 1.54. The van der Waals surface area contributed by atoms with Crippen molar-refractivity contribution in [2.24, 2.45) is 0 Å². The molecule has 4 rings (SSSR count). The van der Waals surface area contributed by atoms with Crippen LogP contribution >= 0.6 is 35.4 Å². The Kier molecular flexibility index (Phi) is 5.72. The lowest BCUT2D eigenvalue weighted by Gasteiger charge is -2.12. The van der Waals surface area contributed by atoms with Gasteiger partial charge in [0.25, 0.3) is 5.91 Å². The zero-order valence-electron chi connectivity index (χ0n) is 15.7. The van der Waals surface area contributed by atoms with Crippen molar-refractivity contribution < 1.29 is 9.21 Å². The third kappa shape index (κ3) is 4.46. The van der Waals surface area contributed by atoms with E-state index in [2.05, 4.69) is 15.6 Å². The number of carbonyl (C=O) groups excluding carboxylic acids is 1. The fourth-order valence-electron chi connectivity index (χ4n) is 2.87. The molecule has 0 atom stereocenters. The van der Waals surface area contributed by atoms with E-state index in [4.69, 9.17) is 39.8 Å². The molecular weight excluding hydrogens is 441 g/mol. The van der Waals surface area contributed by atoms with Crippen molar-refractivity contribution in [1.82, 2.24) is 10.3 Å². The lowest BCUT2D eigenvalue weighted by molar-refractivity contribution is 0.0977. The Morgan fingerprint density at radius 2 is 1.90 bits per heavy atom. The molecule has 0 unspecified atom stereocenters. The summed E-state index contributed by atoms with van der Waals surface area (Å²) in [6.45, 7) is 2.00. The van der Waals surface area contributed by atoms with Crippen molar-refractivity contribution in [3.8, 4) is 11.5 Å². The number of nitrogens with zero attached hydrogens (tertiary/aromatic N) is 1. The van der Waals surface area contributed by atoms with Crippen LogP contribution in [-0.2, 0) is 0 Å². The third-order valence-electron chi connectivity index (χ3n) is 4.32. The Bertz CT molecular complexity index is 1290. The number of nitrogens with one attached hydrogen (secondary N) is 2. The van der Waals surface area contributed by atoms with Gasteiger partial charge in [-0.3, -0.25) is 10.1 Å². The van der Waals surface area contributed by atoms with E-state index in [0.717, 1.165) is 16.6 Å². The van der Waals surface area contributed by atoms with Crippen LogP contribution in [0, 0.1) is 6.92 Å². The molecule has 1 aromatic heterocycles. The summed E-state index contributed by atoms with van der Waals surface area (Å²) in [6.07, 6.45) is 0. The van der Waals surface area contributed by atoms with Gasteiger partial charge in [-0.1, -0.05) is 35.3 Å². The summed E-state index contributed by atoms with van der Waals surface area (Å²) in [5.74, 6) is 0.0841. The first-order valence-corrected chi connectivity index (χ1v) is 10.1. The Labute approximate surface area is 188 Å². The molecule has 0 spiro atoms. The van der Waals surface area contributed by atoms with Gasteiger partial charge in [0.15, 0.2) is 10.7 Å². The molecule has 0 aliphatic rings. The van der Waals surface area contributed by atoms with E-state index < -0.39 is 0 Å². The monoisotopic (exact) mass is 455 g/mol. The molecule has 0 aliphatic heterocycles. The minimum Gasteiger partial charge on any atom is -0.436 e. The first-order valence-electron chi connectivity index (χ1n) is 8.94. The average molecular weight is 456 g/mol. The maximum Gasteiger partial charge on any atom is 0.257 e. The fourth-order valence-corrected chi connectivity index (χ4v) is 3.43. The number of anilines is 1. The van der Waals surface area contributed by atoms with Crippen LogP contribution < -0.4 is 10.6 Å². The molecule has 2 N–H and O–H groups in total. The molecule has 0 saturated heterocycles. The normalized spacial score (nSPS) is 10.8. The van der Waals surface area contributed by atoms with Gasteiger partial charge >= 0.3 is 0 Å². The number of carbonyl (C=O) groups is 1. The number of aromatic nitrogens is 1. The van der Waals surface area contributed by atoms with E-state index in [9.17, 15) is 4.79 Å². The van der Waals surface area contributed by atoms with Crippen molar-refractivity contribution in [2.75, 3.05) is 5.32 Å². The van der Waals surface area contributed by atoms with Crippen molar-refractivity contribution in [1.29, 1.82) is 0 Å². The number of hydrogen-bond acceptors (Lipinski definition) is 4. The molecule has 8 heteroatoms. The topological polar surface area (TPSA) is 67.2 Å². The Hall–Kier alpha value is -2.93. The second-order valence-electron chi connectivity index (χ2n) is 6.60. The van der Waals surface area contributed by atoms with Gasteiger partial charge in [-0.05, 0) is 73.2 Å². The van der Waals surface area contributed by atoms with Crippen molar-refractivity contribution in [2.45, 2.75) is 6.92 Å². The number of hydrogen-bond donors (Lipinski definition) is 2. The molecule has 0 fully saturated rings. The summed E-state index contributed by atoms with van der Waals surface area (Å²) in [6, 6.07) is 17.7. The van der Waals surface area contributed by atoms with Gasteiger partial charge in [0, 0.05) is 16.1 Å². The summed E-state index contributed by atoms with van der Waals surface area (Å²) in [5, 5.41) is 6.56. The molecule has 30 heavy (non-hydrogen) atoms. The number of thiocarbonyl (C=S) groups is 1. The Morgan fingerprint density at radius 1 is 1.07 bits per heavy atom. The highest BCUT2D eigenvalue weighted by atomic mass is 35.5. The predicted octanol–water partition coefficient (Wildman–Crippen LogP) is 6.24. The van der Waals surface area contributed by atoms with Gasteiger partial charge in [0.2, 0.25) is 5.89 Å². The zero-order chi connectivity index (χ0) is 21.3. The van der Waals surface area contributed by atoms with Gasteiger partial charge in [-0.2, -0.15) is 0 Å². The molecule has 0 aliphatic carbocycles. The molecule has 5 nitrogen and oxygen atoms in total. The summed E-state index contributed by atoms with van der Waals surface area (Å²) in [7, 11) is 0. The summed E-state index contributed by atoms with van der Waals surface area (Å²) < 4.78 is 5.85. The number of oxazole rings is 1. The highest BCUT2D eigenvalue weighted by Gasteiger charge is 2.13. The summed E-state index contributed by atoms with van der Waals surface area (Å²) in [4.78, 5) is 16.9. The van der Waals surface area contributed by atoms with E-state index in [1.54, 1.807) is 42.5 Å². The molecule has 150 valence electrons. The van der Waals surface area contributed by atoms with Crippen LogP contribution in [0.25, 0.3) is 22.6 Å². The Morgan fingerprint density at radius 3 is 2.70 bits per heavy atom. The predicted molar refractivity (Wildman–Crippen MR) is 124 cm³/mol. The maximum atomic E-state index is 12.3. The molecule has 3 aromatic carbocycles. The standard InChI is InChI=1S/C22H15Cl2N3O2S/c1-12-5-8-19-18(9-12)25-21(29-19)14-6-7-16(24)17(11-14)26-22(30)27-20(28)13-3-2-4-15(23)10-13/h2-11H,1H3,(H2,26,27,28,30). The molecular formula is C22H15Cl2N3O2S. The van der Waals surface area contributed by atoms with Crippen molar-refractivity contribution in [3.63, 3.8) is 0 Å². The fraction of sp³-hybridized carbons (Fsp3) is 0.0455. The number of rotatable bonds is 3. The minimum atomic E-state index is -0.378. The maximum absolute atomic E-state index is 12.3. The van der Waals surface area contributed by atoms with Crippen LogP contribution in [-0.4, -0.2) is 16.0 Å². The quantitative estimate of drug-likeness (QED) is 0.358. The number of benzene rings is 3. The second kappa shape index (κ2) is 8.44. The second-order valence-corrected chi connectivity index (χ2v) is 7.86. The number of halogens is 2. The van der Waals surface area contributed by atoms with Crippen LogP contribution in [0.1, 0.15) is 15.9 Å². The molecule has 0 radical (unpaired) electrons. The van der Waals surface area contributed by atoms with Gasteiger partial charge in [-0.15, -0.1) is 0 Å². The minimum absolute atomic E-state index is 0.104. The SMILES string of the molecule is Cc1ccc2oc(-c3ccc(Cl)c(NC(=S)NC(=O)c4cccc(Cl)c4)c3)nc2c1. The lowest BCUT2D eigenvalue weighted by Crippen LogP contribution is -2.34. The van der Waals surface area contributed by atoms with E-state index in [1.807, 2.05) is 25.1 Å². The molecule has 1 amide bonds. The summed E-state index contributed by atoms with van der Waals surface area (Å²) in [5.41, 5.74) is 4.21. The highest BCUT2D eigenvalue weighted by Crippen LogP contribution is 2.30. The van der Waals surface area contributed by atoms with Gasteiger partial charge in [-0.25, -0.2) is 4.98 Å². The molecule has 4 aromatic rings. The first-order chi connectivity index (χ1) is 14.4. The van der Waals surface area contributed by atoms with Crippen LogP contribution in [0.2, 0.25) is 10.0 Å². The average Bonchev–Trinajstić information content (AvgIpc) is 3.12.